The molecular formula is C55H90O5. The van der Waals surface area contributed by atoms with Crippen molar-refractivity contribution < 1.29 is 24.1 Å². The summed E-state index contributed by atoms with van der Waals surface area (Å²) >= 11 is 0. The molecule has 0 heterocycles. The molecule has 1 aliphatic carbocycles. The second-order valence-electron chi connectivity index (χ2n) is 20.9. The van der Waals surface area contributed by atoms with E-state index in [2.05, 4.69) is 132 Å². The van der Waals surface area contributed by atoms with Crippen LogP contribution in [0.1, 0.15) is 203 Å². The molecule has 1 N–H and O–H groups in total. The second kappa shape index (κ2) is 26.5. The Labute approximate surface area is 369 Å². The van der Waals surface area contributed by atoms with E-state index in [1.54, 1.807) is 6.07 Å². The van der Waals surface area contributed by atoms with Crippen molar-refractivity contribution >= 4 is 0 Å². The van der Waals surface area contributed by atoms with Gasteiger partial charge in [-0.05, 0) is 159 Å². The van der Waals surface area contributed by atoms with E-state index in [-0.39, 0.29) is 18.0 Å². The first-order chi connectivity index (χ1) is 28.1. The minimum absolute atomic E-state index is 0.171. The van der Waals surface area contributed by atoms with Gasteiger partial charge in [-0.2, -0.15) is 0 Å². The normalized spacial score (nSPS) is 16.2. The van der Waals surface area contributed by atoms with E-state index in [0.717, 1.165) is 29.8 Å². The molecule has 0 saturated heterocycles. The van der Waals surface area contributed by atoms with Crippen molar-refractivity contribution in [1.29, 1.82) is 0 Å². The standard InChI is InChI=1S/C22H36O2.C17H28O2.C16H26O/c1-16(2)15-22(17(3)4)19-11-13-21(14-12-19)24-18(5)23-20-9-7-6-8-10-20;1-6-15(12-13(3)4)16-8-10-17(11-9-16)19-14(5)18-7-2;1-15(2,3)11-14(16(4,5)6)12-8-7-9-13(17)10-12/h11-14,16-18,20,22H,6-10,15H2,1-5H3;8-11,13-15H,6-7,12H2,1-5H3;7-10,14,17H,11H2,1-6H3. The van der Waals surface area contributed by atoms with Crippen molar-refractivity contribution in [3.63, 3.8) is 0 Å². The monoisotopic (exact) mass is 831 g/mol. The maximum absolute atomic E-state index is 9.63. The number of aromatic hydroxyl groups is 1. The highest BCUT2D eigenvalue weighted by molar-refractivity contribution is 5.32. The topological polar surface area (TPSA) is 57.2 Å². The molecule has 0 aliphatic heterocycles. The maximum atomic E-state index is 9.63. The summed E-state index contributed by atoms with van der Waals surface area (Å²) in [4.78, 5) is 0. The summed E-state index contributed by atoms with van der Waals surface area (Å²) in [5, 5.41) is 9.63. The summed E-state index contributed by atoms with van der Waals surface area (Å²) in [6.07, 6.45) is 11.1. The van der Waals surface area contributed by atoms with Gasteiger partial charge in [0.2, 0.25) is 0 Å². The zero-order chi connectivity index (χ0) is 45.0. The molecule has 3 aromatic rings. The third-order valence-corrected chi connectivity index (χ3v) is 11.5. The van der Waals surface area contributed by atoms with Crippen LogP contribution in [-0.4, -0.2) is 30.4 Å². The Morgan fingerprint density at radius 1 is 0.633 bits per heavy atom. The highest BCUT2D eigenvalue weighted by Crippen LogP contribution is 2.43. The lowest BCUT2D eigenvalue weighted by atomic mass is 9.69. The van der Waals surface area contributed by atoms with Crippen LogP contribution in [0, 0.1) is 28.6 Å². The van der Waals surface area contributed by atoms with Crippen LogP contribution >= 0.6 is 0 Å². The summed E-state index contributed by atoms with van der Waals surface area (Å²) in [5.41, 5.74) is 4.58. The molecule has 1 fully saturated rings. The number of ether oxygens (including phenoxy) is 4. The molecule has 0 amide bonds. The fourth-order valence-electron chi connectivity index (χ4n) is 8.45. The molecule has 0 radical (unpaired) electrons. The number of benzene rings is 3. The van der Waals surface area contributed by atoms with Crippen LogP contribution in [0.3, 0.4) is 0 Å². The van der Waals surface area contributed by atoms with Gasteiger partial charge in [0.05, 0.1) is 6.10 Å². The first-order valence-electron chi connectivity index (χ1n) is 23.7. The number of hydrogen-bond donors (Lipinski definition) is 1. The van der Waals surface area contributed by atoms with Crippen LogP contribution in [0.4, 0.5) is 0 Å². The largest absolute Gasteiger partial charge is 0.508 e. The van der Waals surface area contributed by atoms with Crippen molar-refractivity contribution in [1.82, 2.24) is 0 Å². The summed E-state index contributed by atoms with van der Waals surface area (Å²) < 4.78 is 23.1. The predicted molar refractivity (Wildman–Crippen MR) is 257 cm³/mol. The van der Waals surface area contributed by atoms with Crippen molar-refractivity contribution in [3.05, 3.63) is 89.5 Å². The van der Waals surface area contributed by atoms with E-state index in [1.165, 1.54) is 68.1 Å². The Hall–Kier alpha value is -3.02. The van der Waals surface area contributed by atoms with Gasteiger partial charge < -0.3 is 24.1 Å². The van der Waals surface area contributed by atoms with Gasteiger partial charge in [0.1, 0.15) is 17.2 Å². The molecule has 0 bridgehead atoms. The maximum Gasteiger partial charge on any atom is 0.197 e. The molecule has 0 spiro atoms. The second-order valence-corrected chi connectivity index (χ2v) is 20.9. The SMILES string of the molecule is CC(C)(C)CC(c1cccc(O)c1)C(C)(C)C.CC(C)CC(c1ccc(OC(C)OC2CCCCC2)cc1)C(C)C.CCOC(C)Oc1ccc(C(CC)CC(C)C)cc1. The lowest BCUT2D eigenvalue weighted by molar-refractivity contribution is -0.116. The van der Waals surface area contributed by atoms with Gasteiger partial charge in [-0.15, -0.1) is 0 Å². The first kappa shape index (κ1) is 53.1. The fourth-order valence-corrected chi connectivity index (χ4v) is 8.45. The summed E-state index contributed by atoms with van der Waals surface area (Å²) in [7, 11) is 0. The Morgan fingerprint density at radius 3 is 1.62 bits per heavy atom. The van der Waals surface area contributed by atoms with E-state index in [0.29, 0.717) is 47.5 Å². The van der Waals surface area contributed by atoms with Crippen LogP contribution < -0.4 is 9.47 Å². The molecule has 60 heavy (non-hydrogen) atoms. The van der Waals surface area contributed by atoms with Crippen LogP contribution in [-0.2, 0) is 9.47 Å². The van der Waals surface area contributed by atoms with E-state index >= 15 is 0 Å². The summed E-state index contributed by atoms with van der Waals surface area (Å²) in [6, 6.07) is 24.8. The van der Waals surface area contributed by atoms with Crippen molar-refractivity contribution in [2.45, 2.75) is 205 Å². The minimum atomic E-state index is -0.187. The van der Waals surface area contributed by atoms with Crippen LogP contribution in [0.15, 0.2) is 72.8 Å². The molecule has 340 valence electrons. The average Bonchev–Trinajstić information content (AvgIpc) is 3.16. The van der Waals surface area contributed by atoms with E-state index in [1.807, 2.05) is 45.0 Å². The summed E-state index contributed by atoms with van der Waals surface area (Å²) in [5.74, 6) is 6.01. The van der Waals surface area contributed by atoms with Gasteiger partial charge in [-0.1, -0.05) is 146 Å². The molecule has 5 atom stereocenters. The van der Waals surface area contributed by atoms with E-state index < -0.39 is 0 Å². The number of hydrogen-bond acceptors (Lipinski definition) is 5. The molecule has 5 nitrogen and oxygen atoms in total. The van der Waals surface area contributed by atoms with Crippen LogP contribution in [0.2, 0.25) is 0 Å². The zero-order valence-electron chi connectivity index (χ0n) is 41.3. The first-order valence-corrected chi connectivity index (χ1v) is 23.7. The molecule has 3 aromatic carbocycles. The molecule has 1 saturated carbocycles. The molecule has 0 aromatic heterocycles. The lowest BCUT2D eigenvalue weighted by Crippen LogP contribution is -2.26. The minimum Gasteiger partial charge on any atom is -0.508 e. The van der Waals surface area contributed by atoms with E-state index in [4.69, 9.17) is 18.9 Å². The van der Waals surface area contributed by atoms with Crippen molar-refractivity contribution in [2.75, 3.05) is 6.61 Å². The van der Waals surface area contributed by atoms with Gasteiger partial charge in [0, 0.05) is 6.61 Å². The van der Waals surface area contributed by atoms with Crippen molar-refractivity contribution in [2.24, 2.45) is 28.6 Å². The predicted octanol–water partition coefficient (Wildman–Crippen LogP) is 16.5. The Kier molecular flexibility index (Phi) is 23.4. The van der Waals surface area contributed by atoms with Gasteiger partial charge in [-0.3, -0.25) is 0 Å². The number of phenols is 1. The molecule has 4 rings (SSSR count). The molecule has 5 unspecified atom stereocenters. The number of phenolic OH excluding ortho intramolecular Hbond substituents is 1. The quantitative estimate of drug-likeness (QED) is 0.129. The van der Waals surface area contributed by atoms with Crippen molar-refractivity contribution in [3.8, 4) is 17.2 Å². The molecular weight excluding hydrogens is 741 g/mol. The lowest BCUT2D eigenvalue weighted by Gasteiger charge is -2.36. The highest BCUT2D eigenvalue weighted by Gasteiger charge is 2.30. The third-order valence-electron chi connectivity index (χ3n) is 11.5. The van der Waals surface area contributed by atoms with Gasteiger partial charge in [0.15, 0.2) is 12.6 Å². The van der Waals surface area contributed by atoms with Gasteiger partial charge in [0.25, 0.3) is 0 Å². The smallest absolute Gasteiger partial charge is 0.197 e. The third kappa shape index (κ3) is 21.2. The highest BCUT2D eigenvalue weighted by atomic mass is 16.7. The van der Waals surface area contributed by atoms with E-state index in [9.17, 15) is 5.11 Å². The zero-order valence-corrected chi connectivity index (χ0v) is 41.3. The fraction of sp³-hybridized carbons (Fsp3) is 0.673. The van der Waals surface area contributed by atoms with Crippen LogP contribution in [0.5, 0.6) is 17.2 Å². The molecule has 5 heteroatoms. The summed E-state index contributed by atoms with van der Waals surface area (Å²) in [6.45, 7) is 36.3. The van der Waals surface area contributed by atoms with Gasteiger partial charge >= 0.3 is 0 Å². The van der Waals surface area contributed by atoms with Crippen LogP contribution in [0.25, 0.3) is 0 Å². The Bertz CT molecular complexity index is 1540. The molecule has 1 aliphatic rings. The average molecular weight is 831 g/mol. The Balaban J connectivity index is 0.000000316. The van der Waals surface area contributed by atoms with Gasteiger partial charge in [-0.25, -0.2) is 0 Å². The number of rotatable bonds is 18. The Morgan fingerprint density at radius 2 is 1.17 bits per heavy atom.